The van der Waals surface area contributed by atoms with Crippen molar-refractivity contribution in [2.75, 3.05) is 6.61 Å². The van der Waals surface area contributed by atoms with Gasteiger partial charge in [0.25, 0.3) is 0 Å². The Balaban J connectivity index is 2.97. The summed E-state index contributed by atoms with van der Waals surface area (Å²) in [5, 5.41) is 2.96. The summed E-state index contributed by atoms with van der Waals surface area (Å²) >= 11 is 5.27. The third-order valence-corrected chi connectivity index (χ3v) is 4.84. The van der Waals surface area contributed by atoms with Gasteiger partial charge in [-0.3, -0.25) is 0 Å². The van der Waals surface area contributed by atoms with E-state index in [2.05, 4.69) is 5.09 Å². The van der Waals surface area contributed by atoms with Gasteiger partial charge in [-0.25, -0.2) is 5.09 Å². The molecule has 0 amide bonds. The molecule has 0 aliphatic carbocycles. The van der Waals surface area contributed by atoms with E-state index in [0.717, 1.165) is 12.1 Å². The molecule has 1 aromatic rings. The molecule has 3 nitrogen and oxygen atoms in total. The average Bonchev–Trinajstić information content (AvgIpc) is 2.26. The van der Waals surface area contributed by atoms with Crippen molar-refractivity contribution < 1.29 is 22.2 Å². The standard InChI is InChI=1S/C12H17F3NO2PS/c1-4-17-19(20,16-9(2)3)18-11-7-5-6-10(8-11)12(13,14)15/h5-9H,4H2,1-3H3,(H,16,20). The third kappa shape index (κ3) is 5.40. The quantitative estimate of drug-likeness (QED) is 0.787. The first kappa shape index (κ1) is 17.4. The average molecular weight is 327 g/mol. The van der Waals surface area contributed by atoms with Gasteiger partial charge in [0.05, 0.1) is 12.2 Å². The van der Waals surface area contributed by atoms with E-state index < -0.39 is 18.4 Å². The number of nitrogens with one attached hydrogen (secondary N) is 1. The summed E-state index contributed by atoms with van der Waals surface area (Å²) in [6.45, 7) is 2.92. The molecule has 1 unspecified atom stereocenters. The minimum Gasteiger partial charge on any atom is -0.433 e. The second kappa shape index (κ2) is 6.89. The van der Waals surface area contributed by atoms with E-state index in [-0.39, 0.29) is 11.8 Å². The maximum atomic E-state index is 12.6. The Morgan fingerprint density at radius 3 is 2.50 bits per heavy atom. The van der Waals surface area contributed by atoms with Gasteiger partial charge in [-0.1, -0.05) is 6.07 Å². The molecular formula is C12H17F3NO2PS. The summed E-state index contributed by atoms with van der Waals surface area (Å²) in [5.41, 5.74) is -0.780. The highest BCUT2D eigenvalue weighted by Crippen LogP contribution is 2.45. The number of rotatable bonds is 6. The Morgan fingerprint density at radius 2 is 2.00 bits per heavy atom. The van der Waals surface area contributed by atoms with Crippen LogP contribution in [0, 0.1) is 0 Å². The van der Waals surface area contributed by atoms with E-state index in [1.165, 1.54) is 12.1 Å². The summed E-state index contributed by atoms with van der Waals surface area (Å²) < 4.78 is 48.8. The van der Waals surface area contributed by atoms with Gasteiger partial charge in [0, 0.05) is 6.04 Å². The zero-order chi connectivity index (χ0) is 15.4. The first-order chi connectivity index (χ1) is 9.16. The molecule has 0 saturated carbocycles. The zero-order valence-corrected chi connectivity index (χ0v) is 13.1. The van der Waals surface area contributed by atoms with Crippen LogP contribution in [0.25, 0.3) is 0 Å². The summed E-state index contributed by atoms with van der Waals surface area (Å²) in [5.74, 6) is 0.0461. The molecule has 0 fully saturated rings. The summed E-state index contributed by atoms with van der Waals surface area (Å²) in [6.07, 6.45) is -4.42. The molecule has 0 saturated heterocycles. The fourth-order valence-corrected chi connectivity index (χ4v) is 4.19. The van der Waals surface area contributed by atoms with E-state index >= 15 is 0 Å². The Hall–Kier alpha value is -0.620. The zero-order valence-electron chi connectivity index (χ0n) is 11.4. The van der Waals surface area contributed by atoms with Crippen molar-refractivity contribution in [3.8, 4) is 5.75 Å². The Kier molecular flexibility index (Phi) is 6.01. The molecule has 0 radical (unpaired) electrons. The summed E-state index contributed by atoms with van der Waals surface area (Å²) in [7, 11) is 0. The lowest BCUT2D eigenvalue weighted by molar-refractivity contribution is -0.137. The first-order valence-electron chi connectivity index (χ1n) is 6.05. The van der Waals surface area contributed by atoms with Crippen molar-refractivity contribution in [1.29, 1.82) is 0 Å². The van der Waals surface area contributed by atoms with E-state index in [1.807, 2.05) is 13.8 Å². The predicted octanol–water partition coefficient (Wildman–Crippen LogP) is 4.34. The van der Waals surface area contributed by atoms with Gasteiger partial charge in [-0.15, -0.1) is 0 Å². The van der Waals surface area contributed by atoms with Crippen molar-refractivity contribution in [3.05, 3.63) is 29.8 Å². The van der Waals surface area contributed by atoms with E-state index in [9.17, 15) is 13.2 Å². The highest BCUT2D eigenvalue weighted by atomic mass is 32.5. The molecule has 0 spiro atoms. The third-order valence-electron chi connectivity index (χ3n) is 2.10. The van der Waals surface area contributed by atoms with Crippen molar-refractivity contribution in [2.45, 2.75) is 33.0 Å². The second-order valence-electron chi connectivity index (χ2n) is 4.32. The Bertz CT molecular complexity index is 494. The number of hydrogen-bond acceptors (Lipinski definition) is 3. The number of alkyl halides is 3. The molecule has 8 heteroatoms. The van der Waals surface area contributed by atoms with Gasteiger partial charge in [-0.2, -0.15) is 13.2 Å². The van der Waals surface area contributed by atoms with Gasteiger partial charge >= 0.3 is 12.8 Å². The van der Waals surface area contributed by atoms with Gasteiger partial charge in [0.2, 0.25) is 0 Å². The second-order valence-corrected chi connectivity index (χ2v) is 7.45. The molecule has 20 heavy (non-hydrogen) atoms. The number of halogens is 3. The van der Waals surface area contributed by atoms with Gasteiger partial charge < -0.3 is 9.05 Å². The minimum absolute atomic E-state index is 0.00168. The smallest absolute Gasteiger partial charge is 0.416 e. The van der Waals surface area contributed by atoms with Crippen molar-refractivity contribution >= 4 is 18.4 Å². The van der Waals surface area contributed by atoms with Crippen LogP contribution in [-0.4, -0.2) is 12.6 Å². The van der Waals surface area contributed by atoms with Crippen molar-refractivity contribution in [3.63, 3.8) is 0 Å². The molecule has 1 atom stereocenters. The molecule has 114 valence electrons. The van der Waals surface area contributed by atoms with Crippen LogP contribution in [0.15, 0.2) is 24.3 Å². The van der Waals surface area contributed by atoms with Crippen molar-refractivity contribution in [1.82, 2.24) is 5.09 Å². The highest BCUT2D eigenvalue weighted by Gasteiger charge is 2.31. The summed E-state index contributed by atoms with van der Waals surface area (Å²) in [6, 6.07) is 4.60. The van der Waals surface area contributed by atoms with Crippen LogP contribution >= 0.6 is 6.64 Å². The lowest BCUT2D eigenvalue weighted by Gasteiger charge is -2.25. The summed E-state index contributed by atoms with van der Waals surface area (Å²) in [4.78, 5) is 0. The molecule has 0 aliphatic rings. The van der Waals surface area contributed by atoms with Crippen LogP contribution in [0.3, 0.4) is 0 Å². The Labute approximate surface area is 121 Å². The van der Waals surface area contributed by atoms with Gasteiger partial charge in [0.15, 0.2) is 0 Å². The molecule has 0 heterocycles. The highest BCUT2D eigenvalue weighted by molar-refractivity contribution is 8.09. The monoisotopic (exact) mass is 327 g/mol. The number of hydrogen-bond donors (Lipinski definition) is 1. The number of benzene rings is 1. The largest absolute Gasteiger partial charge is 0.433 e. The minimum atomic E-state index is -4.42. The van der Waals surface area contributed by atoms with Crippen LogP contribution in [0.2, 0.25) is 0 Å². The van der Waals surface area contributed by atoms with Crippen LogP contribution in [0.5, 0.6) is 5.75 Å². The molecule has 0 bridgehead atoms. The molecule has 0 aromatic heterocycles. The Morgan fingerprint density at radius 1 is 1.35 bits per heavy atom. The fourth-order valence-electron chi connectivity index (χ4n) is 1.44. The topological polar surface area (TPSA) is 30.5 Å². The molecule has 0 aliphatic heterocycles. The van der Waals surface area contributed by atoms with E-state index in [4.69, 9.17) is 20.9 Å². The lowest BCUT2D eigenvalue weighted by Crippen LogP contribution is -2.23. The van der Waals surface area contributed by atoms with Gasteiger partial charge in [0.1, 0.15) is 5.75 Å². The fraction of sp³-hybridized carbons (Fsp3) is 0.500. The SMILES string of the molecule is CCOP(=S)(NC(C)C)Oc1cccc(C(F)(F)F)c1. The predicted molar refractivity (Wildman–Crippen MR) is 76.3 cm³/mol. The van der Waals surface area contributed by atoms with Crippen LogP contribution < -0.4 is 9.61 Å². The first-order valence-corrected chi connectivity index (χ1v) is 8.69. The van der Waals surface area contributed by atoms with E-state index in [1.54, 1.807) is 6.92 Å². The van der Waals surface area contributed by atoms with Crippen molar-refractivity contribution in [2.24, 2.45) is 0 Å². The maximum absolute atomic E-state index is 12.6. The molecule has 1 aromatic carbocycles. The van der Waals surface area contributed by atoms with Crippen LogP contribution in [-0.2, 0) is 22.5 Å². The van der Waals surface area contributed by atoms with Crippen LogP contribution in [0.4, 0.5) is 13.2 Å². The normalized spacial score (nSPS) is 15.2. The maximum Gasteiger partial charge on any atom is 0.416 e. The lowest BCUT2D eigenvalue weighted by atomic mass is 10.2. The van der Waals surface area contributed by atoms with Crippen LogP contribution in [0.1, 0.15) is 26.3 Å². The van der Waals surface area contributed by atoms with E-state index in [0.29, 0.717) is 6.61 Å². The molecular weight excluding hydrogens is 310 g/mol. The molecule has 1 N–H and O–H groups in total. The van der Waals surface area contributed by atoms with Gasteiger partial charge in [-0.05, 0) is 50.8 Å². The molecule has 1 rings (SSSR count).